The van der Waals surface area contributed by atoms with Crippen LogP contribution in [0.1, 0.15) is 24.5 Å². The minimum atomic E-state index is -0.402. The van der Waals surface area contributed by atoms with Gasteiger partial charge >= 0.3 is 5.97 Å². The number of para-hydroxylation sites is 1. The maximum Gasteiger partial charge on any atom is 0.306 e. The summed E-state index contributed by atoms with van der Waals surface area (Å²) >= 11 is 0. The Morgan fingerprint density at radius 3 is 2.48 bits per heavy atom. The summed E-state index contributed by atoms with van der Waals surface area (Å²) in [6.07, 6.45) is 0.719. The number of esters is 1. The molecule has 5 nitrogen and oxygen atoms in total. The van der Waals surface area contributed by atoms with Crippen LogP contribution in [0.5, 0.6) is 5.75 Å². The summed E-state index contributed by atoms with van der Waals surface area (Å²) in [7, 11) is 0. The SMILES string of the molecule is CCOc1ccccc1CCC(=O)OCC(=O)NCc1ccccc1. The average Bonchev–Trinajstić information content (AvgIpc) is 2.65. The van der Waals surface area contributed by atoms with Crippen LogP contribution in [-0.2, 0) is 27.3 Å². The summed E-state index contributed by atoms with van der Waals surface area (Å²) in [6.45, 7) is 2.64. The second-order valence-corrected chi connectivity index (χ2v) is 5.46. The Bertz CT molecular complexity index is 685. The fraction of sp³-hybridized carbons (Fsp3) is 0.300. The van der Waals surface area contributed by atoms with Gasteiger partial charge in [0, 0.05) is 13.0 Å². The molecule has 0 fully saturated rings. The molecule has 0 aliphatic heterocycles. The van der Waals surface area contributed by atoms with E-state index in [0.717, 1.165) is 16.9 Å². The maximum absolute atomic E-state index is 11.8. The molecule has 0 saturated heterocycles. The minimum Gasteiger partial charge on any atom is -0.494 e. The predicted molar refractivity (Wildman–Crippen MR) is 95.2 cm³/mol. The van der Waals surface area contributed by atoms with E-state index in [9.17, 15) is 9.59 Å². The lowest BCUT2D eigenvalue weighted by Crippen LogP contribution is -2.28. The van der Waals surface area contributed by atoms with E-state index in [-0.39, 0.29) is 18.9 Å². The Balaban J connectivity index is 1.69. The van der Waals surface area contributed by atoms with Gasteiger partial charge in [-0.05, 0) is 30.5 Å². The number of hydrogen-bond donors (Lipinski definition) is 1. The molecule has 2 aromatic carbocycles. The molecule has 132 valence electrons. The molecule has 1 amide bonds. The quantitative estimate of drug-likeness (QED) is 0.712. The Morgan fingerprint density at radius 1 is 1.00 bits per heavy atom. The molecular weight excluding hydrogens is 318 g/mol. The Labute approximate surface area is 148 Å². The summed E-state index contributed by atoms with van der Waals surface area (Å²) in [5.74, 6) is 0.0616. The zero-order valence-electron chi connectivity index (χ0n) is 14.4. The Hall–Kier alpha value is -2.82. The summed E-state index contributed by atoms with van der Waals surface area (Å²) in [4.78, 5) is 23.5. The van der Waals surface area contributed by atoms with Crippen molar-refractivity contribution >= 4 is 11.9 Å². The van der Waals surface area contributed by atoms with Crippen LogP contribution < -0.4 is 10.1 Å². The van der Waals surface area contributed by atoms with Gasteiger partial charge in [0.1, 0.15) is 5.75 Å². The van der Waals surface area contributed by atoms with Crippen LogP contribution in [0.25, 0.3) is 0 Å². The molecule has 0 spiro atoms. The third-order valence-corrected chi connectivity index (χ3v) is 3.57. The van der Waals surface area contributed by atoms with Gasteiger partial charge in [0.05, 0.1) is 6.61 Å². The number of aryl methyl sites for hydroxylation is 1. The zero-order valence-corrected chi connectivity index (χ0v) is 14.4. The van der Waals surface area contributed by atoms with Crippen molar-refractivity contribution in [3.63, 3.8) is 0 Å². The van der Waals surface area contributed by atoms with Crippen molar-refractivity contribution in [3.8, 4) is 5.75 Å². The summed E-state index contributed by atoms with van der Waals surface area (Å²) in [5, 5.41) is 2.72. The summed E-state index contributed by atoms with van der Waals surface area (Å²) < 4.78 is 10.5. The highest BCUT2D eigenvalue weighted by atomic mass is 16.5. The standard InChI is InChI=1S/C20H23NO4/c1-2-24-18-11-7-6-10-17(18)12-13-20(23)25-15-19(22)21-14-16-8-4-3-5-9-16/h3-11H,2,12-15H2,1H3,(H,21,22). The monoisotopic (exact) mass is 341 g/mol. The highest BCUT2D eigenvalue weighted by Crippen LogP contribution is 2.19. The van der Waals surface area contributed by atoms with Crippen LogP contribution in [0.15, 0.2) is 54.6 Å². The van der Waals surface area contributed by atoms with E-state index in [1.807, 2.05) is 61.5 Å². The van der Waals surface area contributed by atoms with Crippen molar-refractivity contribution in [2.24, 2.45) is 0 Å². The fourth-order valence-corrected chi connectivity index (χ4v) is 2.31. The van der Waals surface area contributed by atoms with E-state index in [2.05, 4.69) is 5.32 Å². The average molecular weight is 341 g/mol. The molecule has 2 rings (SSSR count). The highest BCUT2D eigenvalue weighted by molar-refractivity contribution is 5.80. The molecule has 0 aliphatic carbocycles. The summed E-state index contributed by atoms with van der Waals surface area (Å²) in [5.41, 5.74) is 1.95. The van der Waals surface area contributed by atoms with E-state index in [1.165, 1.54) is 0 Å². The van der Waals surface area contributed by atoms with Crippen molar-refractivity contribution in [2.45, 2.75) is 26.3 Å². The molecule has 0 saturated carbocycles. The highest BCUT2D eigenvalue weighted by Gasteiger charge is 2.10. The lowest BCUT2D eigenvalue weighted by molar-refractivity contribution is -0.148. The van der Waals surface area contributed by atoms with Gasteiger partial charge in [0.15, 0.2) is 6.61 Å². The number of carbonyl (C=O) groups excluding carboxylic acids is 2. The van der Waals surface area contributed by atoms with Crippen molar-refractivity contribution in [1.82, 2.24) is 5.32 Å². The van der Waals surface area contributed by atoms with E-state index in [0.29, 0.717) is 19.6 Å². The molecular formula is C20H23NO4. The van der Waals surface area contributed by atoms with E-state index >= 15 is 0 Å². The second kappa shape index (κ2) is 10.1. The third kappa shape index (κ3) is 6.67. The van der Waals surface area contributed by atoms with Crippen LogP contribution in [-0.4, -0.2) is 25.1 Å². The molecule has 0 aliphatic rings. The second-order valence-electron chi connectivity index (χ2n) is 5.46. The van der Waals surface area contributed by atoms with Gasteiger partial charge in [0.25, 0.3) is 5.91 Å². The topological polar surface area (TPSA) is 64.6 Å². The van der Waals surface area contributed by atoms with Gasteiger partial charge in [-0.25, -0.2) is 0 Å². The first-order valence-electron chi connectivity index (χ1n) is 8.36. The van der Waals surface area contributed by atoms with Crippen molar-refractivity contribution in [1.29, 1.82) is 0 Å². The molecule has 5 heteroatoms. The number of nitrogens with one attached hydrogen (secondary N) is 1. The number of hydrogen-bond acceptors (Lipinski definition) is 4. The van der Waals surface area contributed by atoms with Crippen molar-refractivity contribution < 1.29 is 19.1 Å². The lowest BCUT2D eigenvalue weighted by atomic mass is 10.1. The van der Waals surface area contributed by atoms with Gasteiger partial charge in [0.2, 0.25) is 0 Å². The molecule has 1 N–H and O–H groups in total. The largest absolute Gasteiger partial charge is 0.494 e. The molecule has 0 heterocycles. The van der Waals surface area contributed by atoms with Gasteiger partial charge in [-0.2, -0.15) is 0 Å². The molecule has 0 aromatic heterocycles. The van der Waals surface area contributed by atoms with Gasteiger partial charge in [-0.3, -0.25) is 9.59 Å². The molecule has 0 unspecified atom stereocenters. The minimum absolute atomic E-state index is 0.204. The number of rotatable bonds is 9. The molecule has 25 heavy (non-hydrogen) atoms. The smallest absolute Gasteiger partial charge is 0.306 e. The van der Waals surface area contributed by atoms with E-state index < -0.39 is 5.97 Å². The van der Waals surface area contributed by atoms with Gasteiger partial charge < -0.3 is 14.8 Å². The first-order valence-corrected chi connectivity index (χ1v) is 8.36. The predicted octanol–water partition coefficient (Wildman–Crippen LogP) is 2.88. The summed E-state index contributed by atoms with van der Waals surface area (Å²) in [6, 6.07) is 17.2. The first-order chi connectivity index (χ1) is 12.2. The van der Waals surface area contributed by atoms with E-state index in [4.69, 9.17) is 9.47 Å². The number of carbonyl (C=O) groups is 2. The van der Waals surface area contributed by atoms with Crippen LogP contribution >= 0.6 is 0 Å². The molecule has 2 aromatic rings. The Morgan fingerprint density at radius 2 is 1.72 bits per heavy atom. The van der Waals surface area contributed by atoms with Gasteiger partial charge in [-0.1, -0.05) is 48.5 Å². The number of amides is 1. The zero-order chi connectivity index (χ0) is 17.9. The van der Waals surface area contributed by atoms with Crippen LogP contribution in [0, 0.1) is 0 Å². The molecule has 0 bridgehead atoms. The van der Waals surface area contributed by atoms with Crippen molar-refractivity contribution in [2.75, 3.05) is 13.2 Å². The lowest BCUT2D eigenvalue weighted by Gasteiger charge is -2.10. The normalized spacial score (nSPS) is 10.1. The van der Waals surface area contributed by atoms with Crippen LogP contribution in [0.4, 0.5) is 0 Å². The first kappa shape index (κ1) is 18.5. The fourth-order valence-electron chi connectivity index (χ4n) is 2.31. The van der Waals surface area contributed by atoms with E-state index in [1.54, 1.807) is 0 Å². The molecule has 0 radical (unpaired) electrons. The number of ether oxygens (including phenoxy) is 2. The third-order valence-electron chi connectivity index (χ3n) is 3.57. The van der Waals surface area contributed by atoms with Crippen LogP contribution in [0.3, 0.4) is 0 Å². The van der Waals surface area contributed by atoms with Gasteiger partial charge in [-0.15, -0.1) is 0 Å². The number of benzene rings is 2. The maximum atomic E-state index is 11.8. The van der Waals surface area contributed by atoms with Crippen molar-refractivity contribution in [3.05, 3.63) is 65.7 Å². The Kier molecular flexibility index (Phi) is 7.50. The van der Waals surface area contributed by atoms with Crippen LogP contribution in [0.2, 0.25) is 0 Å². The molecule has 0 atom stereocenters.